The van der Waals surface area contributed by atoms with Gasteiger partial charge in [-0.25, -0.2) is 4.79 Å². The fourth-order valence-electron chi connectivity index (χ4n) is 1.67. The quantitative estimate of drug-likeness (QED) is 0.853. The van der Waals surface area contributed by atoms with E-state index in [0.717, 1.165) is 16.9 Å². The normalized spacial score (nSPS) is 10.0. The van der Waals surface area contributed by atoms with Crippen LogP contribution in [0.5, 0.6) is 0 Å². The molecule has 0 radical (unpaired) electrons. The molecule has 4 nitrogen and oxygen atoms in total. The van der Waals surface area contributed by atoms with Crippen LogP contribution in [0.25, 0.3) is 0 Å². The minimum absolute atomic E-state index is 0.297. The molecule has 2 aromatic rings. The van der Waals surface area contributed by atoms with Crippen LogP contribution in [-0.4, -0.2) is 17.6 Å². The summed E-state index contributed by atoms with van der Waals surface area (Å²) < 4.78 is 4.94. The summed E-state index contributed by atoms with van der Waals surface area (Å²) in [6.07, 6.45) is 3.54. The maximum Gasteiger partial charge on any atom is 0.338 e. The number of nitrogens with zero attached hydrogens (tertiary/aromatic N) is 1. The maximum absolute atomic E-state index is 11.5. The lowest BCUT2D eigenvalue weighted by Gasteiger charge is -2.09. The van der Waals surface area contributed by atoms with E-state index in [2.05, 4.69) is 10.3 Å². The number of anilines is 2. The minimum Gasteiger partial charge on any atom is -0.462 e. The molecule has 98 valence electrons. The monoisotopic (exact) mass is 256 g/mol. The van der Waals surface area contributed by atoms with Crippen LogP contribution < -0.4 is 5.32 Å². The fraction of sp³-hybridized carbons (Fsp3) is 0.200. The first-order chi connectivity index (χ1) is 9.20. The molecule has 4 heteroatoms. The van der Waals surface area contributed by atoms with Gasteiger partial charge >= 0.3 is 5.97 Å². The van der Waals surface area contributed by atoms with Gasteiger partial charge < -0.3 is 10.1 Å². The van der Waals surface area contributed by atoms with Gasteiger partial charge in [-0.15, -0.1) is 0 Å². The number of aromatic nitrogens is 1. The molecule has 1 aromatic heterocycles. The molecule has 0 fully saturated rings. The number of carbonyl (C=O) groups is 1. The van der Waals surface area contributed by atoms with Crippen molar-refractivity contribution >= 4 is 17.3 Å². The maximum atomic E-state index is 11.5. The largest absolute Gasteiger partial charge is 0.462 e. The van der Waals surface area contributed by atoms with Crippen LogP contribution in [0.1, 0.15) is 22.8 Å². The Kier molecular flexibility index (Phi) is 4.13. The van der Waals surface area contributed by atoms with Gasteiger partial charge in [0, 0.05) is 23.8 Å². The zero-order chi connectivity index (χ0) is 13.7. The summed E-state index contributed by atoms with van der Waals surface area (Å²) >= 11 is 0. The van der Waals surface area contributed by atoms with Gasteiger partial charge in [0.05, 0.1) is 12.2 Å². The average molecular weight is 256 g/mol. The van der Waals surface area contributed by atoms with Crippen molar-refractivity contribution < 1.29 is 9.53 Å². The Morgan fingerprint density at radius 2 is 2.00 bits per heavy atom. The van der Waals surface area contributed by atoms with E-state index >= 15 is 0 Å². The Balaban J connectivity index is 2.11. The Labute approximate surface area is 112 Å². The van der Waals surface area contributed by atoms with Gasteiger partial charge in [-0.3, -0.25) is 4.98 Å². The average Bonchev–Trinajstić information content (AvgIpc) is 2.42. The first kappa shape index (κ1) is 13.1. The van der Waals surface area contributed by atoms with Gasteiger partial charge in [0.15, 0.2) is 0 Å². The lowest BCUT2D eigenvalue weighted by Crippen LogP contribution is -2.04. The van der Waals surface area contributed by atoms with E-state index < -0.39 is 0 Å². The summed E-state index contributed by atoms with van der Waals surface area (Å²) in [6.45, 7) is 4.16. The second-order valence-corrected chi connectivity index (χ2v) is 4.11. The number of hydrogen-bond acceptors (Lipinski definition) is 4. The zero-order valence-electron chi connectivity index (χ0n) is 11.0. The number of hydrogen-bond donors (Lipinski definition) is 1. The third kappa shape index (κ3) is 3.31. The van der Waals surface area contributed by atoms with Gasteiger partial charge in [-0.2, -0.15) is 0 Å². The van der Waals surface area contributed by atoms with Crippen LogP contribution in [0.15, 0.2) is 42.7 Å². The van der Waals surface area contributed by atoms with Crippen molar-refractivity contribution in [1.29, 1.82) is 0 Å². The van der Waals surface area contributed by atoms with Crippen molar-refractivity contribution in [2.75, 3.05) is 11.9 Å². The third-order valence-electron chi connectivity index (χ3n) is 2.70. The number of nitrogens with one attached hydrogen (secondary N) is 1. The number of esters is 1. The van der Waals surface area contributed by atoms with Crippen LogP contribution in [0, 0.1) is 6.92 Å². The summed E-state index contributed by atoms with van der Waals surface area (Å²) in [4.78, 5) is 15.6. The van der Waals surface area contributed by atoms with Crippen molar-refractivity contribution in [2.45, 2.75) is 13.8 Å². The van der Waals surface area contributed by atoms with E-state index in [-0.39, 0.29) is 5.97 Å². The van der Waals surface area contributed by atoms with E-state index in [1.54, 1.807) is 31.5 Å². The molecule has 0 aliphatic rings. The van der Waals surface area contributed by atoms with Crippen LogP contribution in [-0.2, 0) is 4.74 Å². The van der Waals surface area contributed by atoms with E-state index in [4.69, 9.17) is 4.74 Å². The molecule has 0 bridgehead atoms. The van der Waals surface area contributed by atoms with Gasteiger partial charge in [0.2, 0.25) is 0 Å². The summed E-state index contributed by atoms with van der Waals surface area (Å²) in [5, 5.41) is 3.28. The Hall–Kier alpha value is -2.36. The van der Waals surface area contributed by atoms with Crippen molar-refractivity contribution in [3.05, 3.63) is 53.9 Å². The molecule has 0 aliphatic carbocycles. The van der Waals surface area contributed by atoms with Crippen molar-refractivity contribution in [2.24, 2.45) is 0 Å². The number of pyridine rings is 1. The van der Waals surface area contributed by atoms with Crippen molar-refractivity contribution in [3.8, 4) is 0 Å². The van der Waals surface area contributed by atoms with Gasteiger partial charge in [0.1, 0.15) is 0 Å². The first-order valence-electron chi connectivity index (χ1n) is 6.15. The molecule has 0 saturated heterocycles. The fourth-order valence-corrected chi connectivity index (χ4v) is 1.67. The minimum atomic E-state index is -0.297. The molecular weight excluding hydrogens is 240 g/mol. The predicted molar refractivity (Wildman–Crippen MR) is 74.7 cm³/mol. The molecule has 0 saturated carbocycles. The molecule has 0 unspecified atom stereocenters. The van der Waals surface area contributed by atoms with Crippen LogP contribution in [0.4, 0.5) is 11.4 Å². The van der Waals surface area contributed by atoms with Gasteiger partial charge in [0.25, 0.3) is 0 Å². The van der Waals surface area contributed by atoms with E-state index in [9.17, 15) is 4.79 Å². The Morgan fingerprint density at radius 3 is 2.63 bits per heavy atom. The standard InChI is InChI=1S/C15H16N2O2/c1-3-19-15(18)12-4-6-13(7-5-12)17-14-8-9-16-10-11(14)2/h4-10H,3H2,1-2H3,(H,16,17). The summed E-state index contributed by atoms with van der Waals surface area (Å²) in [5.41, 5.74) is 3.54. The molecule has 19 heavy (non-hydrogen) atoms. The molecule has 1 heterocycles. The molecule has 0 atom stereocenters. The number of aryl methyl sites for hydroxylation is 1. The lowest BCUT2D eigenvalue weighted by molar-refractivity contribution is 0.0526. The number of carbonyl (C=O) groups excluding carboxylic acids is 1. The number of benzene rings is 1. The van der Waals surface area contributed by atoms with Crippen LogP contribution >= 0.6 is 0 Å². The number of ether oxygens (including phenoxy) is 1. The second-order valence-electron chi connectivity index (χ2n) is 4.11. The highest BCUT2D eigenvalue weighted by Crippen LogP contribution is 2.19. The summed E-state index contributed by atoms with van der Waals surface area (Å²) in [7, 11) is 0. The molecule has 2 rings (SSSR count). The second kappa shape index (κ2) is 6.00. The molecule has 1 aromatic carbocycles. The summed E-state index contributed by atoms with van der Waals surface area (Å²) in [5.74, 6) is -0.297. The highest BCUT2D eigenvalue weighted by atomic mass is 16.5. The molecule has 0 amide bonds. The predicted octanol–water partition coefficient (Wildman–Crippen LogP) is 3.31. The van der Waals surface area contributed by atoms with Crippen molar-refractivity contribution in [1.82, 2.24) is 4.98 Å². The van der Waals surface area contributed by atoms with E-state index in [1.807, 2.05) is 25.1 Å². The van der Waals surface area contributed by atoms with Crippen LogP contribution in [0.3, 0.4) is 0 Å². The Bertz CT molecular complexity index is 565. The van der Waals surface area contributed by atoms with Gasteiger partial charge in [-0.1, -0.05) is 0 Å². The highest BCUT2D eigenvalue weighted by Gasteiger charge is 2.05. The van der Waals surface area contributed by atoms with E-state index in [0.29, 0.717) is 12.2 Å². The molecule has 0 spiro atoms. The third-order valence-corrected chi connectivity index (χ3v) is 2.70. The first-order valence-corrected chi connectivity index (χ1v) is 6.15. The van der Waals surface area contributed by atoms with E-state index in [1.165, 1.54) is 0 Å². The molecule has 0 aliphatic heterocycles. The number of rotatable bonds is 4. The molecule has 1 N–H and O–H groups in total. The van der Waals surface area contributed by atoms with Gasteiger partial charge in [-0.05, 0) is 49.7 Å². The zero-order valence-corrected chi connectivity index (χ0v) is 11.0. The SMILES string of the molecule is CCOC(=O)c1ccc(Nc2ccncc2C)cc1. The highest BCUT2D eigenvalue weighted by molar-refractivity contribution is 5.89. The summed E-state index contributed by atoms with van der Waals surface area (Å²) in [6, 6.07) is 9.11. The molecular formula is C15H16N2O2. The topological polar surface area (TPSA) is 51.2 Å². The van der Waals surface area contributed by atoms with Crippen LogP contribution in [0.2, 0.25) is 0 Å². The van der Waals surface area contributed by atoms with Crippen molar-refractivity contribution in [3.63, 3.8) is 0 Å². The Morgan fingerprint density at radius 1 is 1.26 bits per heavy atom. The smallest absolute Gasteiger partial charge is 0.338 e. The lowest BCUT2D eigenvalue weighted by atomic mass is 10.2.